The van der Waals surface area contributed by atoms with Gasteiger partial charge in [-0.15, -0.1) is 0 Å². The zero-order valence-corrected chi connectivity index (χ0v) is 8.60. The molecule has 0 atom stereocenters. The van der Waals surface area contributed by atoms with Crippen LogP contribution in [-0.2, 0) is 11.1 Å². The Hall–Kier alpha value is -0.680. The Labute approximate surface area is 81.9 Å². The summed E-state index contributed by atoms with van der Waals surface area (Å²) in [4.78, 5) is 17.6. The van der Waals surface area contributed by atoms with Crippen LogP contribution in [0.25, 0.3) is 0 Å². The summed E-state index contributed by atoms with van der Waals surface area (Å²) in [6.45, 7) is 1.25. The van der Waals surface area contributed by atoms with Crippen LogP contribution in [0, 0.1) is 0 Å². The maximum atomic E-state index is 10.8. The molecule has 0 spiro atoms. The van der Waals surface area contributed by atoms with E-state index in [2.05, 4.69) is 5.10 Å². The van der Waals surface area contributed by atoms with E-state index in [1.165, 1.54) is 17.1 Å². The Morgan fingerprint density at radius 2 is 2.21 bits per heavy atom. The van der Waals surface area contributed by atoms with Crippen molar-refractivity contribution in [1.82, 2.24) is 9.78 Å². The maximum absolute atomic E-state index is 10.8. The van der Waals surface area contributed by atoms with E-state index in [1.807, 2.05) is 0 Å². The maximum Gasteiger partial charge on any atom is 0.359 e. The number of nitrogens with zero attached hydrogens (tertiary/aromatic N) is 2. The lowest BCUT2D eigenvalue weighted by molar-refractivity contribution is 0.387. The lowest BCUT2D eigenvalue weighted by Gasteiger charge is -2.00. The molecule has 1 rings (SSSR count). The van der Waals surface area contributed by atoms with Crippen molar-refractivity contribution < 1.29 is 14.4 Å². The minimum absolute atomic E-state index is 0.0368. The minimum Gasteiger partial charge on any atom is -0.330 e. The molecule has 0 saturated carbocycles. The molecule has 0 aliphatic heterocycles. The summed E-state index contributed by atoms with van der Waals surface area (Å²) in [7, 11) is -4.14. The molecule has 6 nitrogen and oxygen atoms in total. The first-order valence-electron chi connectivity index (χ1n) is 4.32. The fourth-order valence-corrected chi connectivity index (χ4v) is 1.53. The lowest BCUT2D eigenvalue weighted by Crippen LogP contribution is -2.04. The van der Waals surface area contributed by atoms with Gasteiger partial charge in [-0.05, 0) is 19.4 Å². The third kappa shape index (κ3) is 3.23. The van der Waals surface area contributed by atoms with Crippen molar-refractivity contribution in [3.63, 3.8) is 0 Å². The molecule has 7 heteroatoms. The molecule has 0 aliphatic carbocycles. The average molecular weight is 219 g/mol. The number of aryl methyl sites for hydroxylation is 1. The second kappa shape index (κ2) is 4.70. The molecule has 4 N–H and O–H groups in total. The van der Waals surface area contributed by atoms with E-state index in [9.17, 15) is 4.57 Å². The summed E-state index contributed by atoms with van der Waals surface area (Å²) in [5.41, 5.74) is 5.31. The molecule has 0 aliphatic rings. The Morgan fingerprint density at radius 3 is 2.71 bits per heavy atom. The second-order valence-corrected chi connectivity index (χ2v) is 4.61. The quantitative estimate of drug-likeness (QED) is 0.454. The Balaban J connectivity index is 2.56. The van der Waals surface area contributed by atoms with Gasteiger partial charge in [-0.1, -0.05) is 0 Å². The van der Waals surface area contributed by atoms with Crippen molar-refractivity contribution >= 4 is 12.9 Å². The number of rotatable bonds is 5. The van der Waals surface area contributed by atoms with Crippen LogP contribution in [0.5, 0.6) is 0 Å². The number of nitrogens with two attached hydrogens (primary N) is 1. The monoisotopic (exact) mass is 219 g/mol. The summed E-state index contributed by atoms with van der Waals surface area (Å²) in [5, 5.41) is 3.80. The van der Waals surface area contributed by atoms with Crippen molar-refractivity contribution in [2.75, 3.05) is 6.54 Å². The smallest absolute Gasteiger partial charge is 0.330 e. The van der Waals surface area contributed by atoms with E-state index >= 15 is 0 Å². The summed E-state index contributed by atoms with van der Waals surface area (Å²) in [6, 6.07) is 0. The summed E-state index contributed by atoms with van der Waals surface area (Å²) in [5.74, 6) is 0. The van der Waals surface area contributed by atoms with Crippen LogP contribution in [0.2, 0.25) is 0 Å². The van der Waals surface area contributed by atoms with Gasteiger partial charge in [0.25, 0.3) is 0 Å². The highest BCUT2D eigenvalue weighted by Gasteiger charge is 2.18. The summed E-state index contributed by atoms with van der Waals surface area (Å²) < 4.78 is 12.3. The van der Waals surface area contributed by atoms with Crippen LogP contribution in [0.3, 0.4) is 0 Å². The molecule has 0 radical (unpaired) electrons. The standard InChI is InChI=1S/C7H14N3O3P/c8-3-1-2-4-10-6-7(5-9-10)14(11,12)13/h5-6H,1-4,8H2,(H2,11,12,13). The van der Waals surface area contributed by atoms with E-state index in [4.69, 9.17) is 15.5 Å². The largest absolute Gasteiger partial charge is 0.359 e. The van der Waals surface area contributed by atoms with Crippen molar-refractivity contribution in [3.8, 4) is 0 Å². The lowest BCUT2D eigenvalue weighted by atomic mass is 10.3. The van der Waals surface area contributed by atoms with Crippen LogP contribution in [0.1, 0.15) is 12.8 Å². The molecule has 80 valence electrons. The summed E-state index contributed by atoms with van der Waals surface area (Å²) in [6.07, 6.45) is 4.31. The average Bonchev–Trinajstić information content (AvgIpc) is 2.52. The molecule has 14 heavy (non-hydrogen) atoms. The fourth-order valence-electron chi connectivity index (χ4n) is 1.04. The van der Waals surface area contributed by atoms with Gasteiger partial charge in [0.2, 0.25) is 0 Å². The van der Waals surface area contributed by atoms with Gasteiger partial charge in [0.1, 0.15) is 5.30 Å². The van der Waals surface area contributed by atoms with Gasteiger partial charge >= 0.3 is 7.60 Å². The number of unbranched alkanes of at least 4 members (excludes halogenated alkanes) is 1. The Bertz CT molecular complexity index is 333. The van der Waals surface area contributed by atoms with Crippen LogP contribution >= 0.6 is 7.60 Å². The van der Waals surface area contributed by atoms with Crippen LogP contribution < -0.4 is 11.0 Å². The number of hydrogen-bond acceptors (Lipinski definition) is 3. The Morgan fingerprint density at radius 1 is 1.50 bits per heavy atom. The van der Waals surface area contributed by atoms with Gasteiger partial charge < -0.3 is 15.5 Å². The molecule has 0 fully saturated rings. The molecule has 0 saturated heterocycles. The fraction of sp³-hybridized carbons (Fsp3) is 0.571. The van der Waals surface area contributed by atoms with Gasteiger partial charge in [-0.3, -0.25) is 9.25 Å². The first-order valence-corrected chi connectivity index (χ1v) is 5.94. The van der Waals surface area contributed by atoms with Crippen LogP contribution in [0.15, 0.2) is 12.4 Å². The first kappa shape index (κ1) is 11.4. The van der Waals surface area contributed by atoms with Gasteiger partial charge in [0, 0.05) is 12.7 Å². The van der Waals surface area contributed by atoms with Gasteiger partial charge in [0.15, 0.2) is 0 Å². The van der Waals surface area contributed by atoms with E-state index in [-0.39, 0.29) is 5.30 Å². The second-order valence-electron chi connectivity index (χ2n) is 3.00. The molecular weight excluding hydrogens is 205 g/mol. The zero-order valence-electron chi connectivity index (χ0n) is 7.70. The minimum atomic E-state index is -4.14. The molecule has 0 unspecified atom stereocenters. The van der Waals surface area contributed by atoms with E-state index < -0.39 is 7.60 Å². The SMILES string of the molecule is NCCCCn1cc(P(=O)(O)O)cn1. The molecule has 0 bridgehead atoms. The predicted molar refractivity (Wildman–Crippen MR) is 52.2 cm³/mol. The van der Waals surface area contributed by atoms with Crippen LogP contribution in [0.4, 0.5) is 0 Å². The van der Waals surface area contributed by atoms with Gasteiger partial charge in [-0.25, -0.2) is 0 Å². The van der Waals surface area contributed by atoms with Crippen LogP contribution in [-0.4, -0.2) is 26.1 Å². The molecule has 1 aromatic rings. The number of hydrogen-bond donors (Lipinski definition) is 3. The molecule has 1 aromatic heterocycles. The van der Waals surface area contributed by atoms with Crippen molar-refractivity contribution in [3.05, 3.63) is 12.4 Å². The highest BCUT2D eigenvalue weighted by Crippen LogP contribution is 2.32. The van der Waals surface area contributed by atoms with Gasteiger partial charge in [0.05, 0.1) is 6.20 Å². The molecular formula is C7H14N3O3P. The number of aromatic nitrogens is 2. The molecule has 0 amide bonds. The van der Waals surface area contributed by atoms with Crippen molar-refractivity contribution in [2.24, 2.45) is 5.73 Å². The normalized spacial score (nSPS) is 11.9. The highest BCUT2D eigenvalue weighted by molar-refractivity contribution is 7.60. The molecule has 0 aromatic carbocycles. The predicted octanol–water partition coefficient (Wildman–Crippen LogP) is -0.575. The van der Waals surface area contributed by atoms with E-state index in [0.29, 0.717) is 13.1 Å². The molecule has 1 heterocycles. The third-order valence-corrected chi connectivity index (χ3v) is 2.70. The van der Waals surface area contributed by atoms with E-state index in [1.54, 1.807) is 0 Å². The third-order valence-electron chi connectivity index (χ3n) is 1.80. The zero-order chi connectivity index (χ0) is 10.6. The highest BCUT2D eigenvalue weighted by atomic mass is 31.2. The topological polar surface area (TPSA) is 101 Å². The van der Waals surface area contributed by atoms with E-state index in [0.717, 1.165) is 12.8 Å². The van der Waals surface area contributed by atoms with Crippen molar-refractivity contribution in [1.29, 1.82) is 0 Å². The first-order chi connectivity index (χ1) is 6.54. The van der Waals surface area contributed by atoms with Gasteiger partial charge in [-0.2, -0.15) is 5.10 Å². The summed E-state index contributed by atoms with van der Waals surface area (Å²) >= 11 is 0. The van der Waals surface area contributed by atoms with Crippen molar-refractivity contribution in [2.45, 2.75) is 19.4 Å². The Kier molecular flexibility index (Phi) is 3.83.